The van der Waals surface area contributed by atoms with Crippen molar-refractivity contribution in [2.75, 3.05) is 0 Å². The summed E-state index contributed by atoms with van der Waals surface area (Å²) in [5, 5.41) is 8.66. The lowest BCUT2D eigenvalue weighted by Gasteiger charge is -2.12. The number of carbonyl (C=O) groups is 1. The minimum absolute atomic E-state index is 0.262. The van der Waals surface area contributed by atoms with Crippen LogP contribution < -0.4 is 0 Å². The van der Waals surface area contributed by atoms with E-state index in [0.29, 0.717) is 5.92 Å². The first kappa shape index (κ1) is 11.2. The molecule has 16 heavy (non-hydrogen) atoms. The van der Waals surface area contributed by atoms with Crippen LogP contribution >= 0.6 is 0 Å². The number of carboxylic acid groups (broad SMARTS) is 1. The van der Waals surface area contributed by atoms with Crippen LogP contribution in [0.3, 0.4) is 0 Å². The van der Waals surface area contributed by atoms with Gasteiger partial charge < -0.3 is 5.11 Å². The number of aliphatic carboxylic acids is 1. The van der Waals surface area contributed by atoms with Crippen LogP contribution in [0.2, 0.25) is 0 Å². The summed E-state index contributed by atoms with van der Waals surface area (Å²) in [7, 11) is 0. The molecule has 0 heterocycles. The molecule has 0 bridgehead atoms. The number of hydrogen-bond donors (Lipinski definition) is 1. The zero-order chi connectivity index (χ0) is 11.5. The number of carboxylic acids is 1. The van der Waals surface area contributed by atoms with E-state index in [4.69, 9.17) is 5.11 Å². The van der Waals surface area contributed by atoms with Crippen molar-refractivity contribution in [3.63, 3.8) is 0 Å². The number of benzene rings is 1. The molecule has 1 aromatic rings. The van der Waals surface area contributed by atoms with Gasteiger partial charge in [-0.1, -0.05) is 25.1 Å². The van der Waals surface area contributed by atoms with Crippen molar-refractivity contribution in [1.82, 2.24) is 0 Å². The molecule has 1 N–H and O–H groups in total. The first-order valence-corrected chi connectivity index (χ1v) is 6.00. The fraction of sp³-hybridized carbons (Fsp3) is 0.500. The topological polar surface area (TPSA) is 37.3 Å². The Morgan fingerprint density at radius 2 is 2.12 bits per heavy atom. The van der Waals surface area contributed by atoms with E-state index in [0.717, 1.165) is 6.42 Å². The molecule has 86 valence electrons. The predicted molar refractivity (Wildman–Crippen MR) is 63.8 cm³/mol. The van der Waals surface area contributed by atoms with Crippen molar-refractivity contribution < 1.29 is 9.90 Å². The molecule has 0 saturated carbocycles. The normalized spacial score (nSPS) is 15.8. The molecule has 0 aliphatic heterocycles. The number of fused-ring (bicyclic) bond motifs is 1. The summed E-state index contributed by atoms with van der Waals surface area (Å²) in [4.78, 5) is 10.5. The van der Waals surface area contributed by atoms with Gasteiger partial charge in [0.15, 0.2) is 0 Å². The molecule has 0 saturated heterocycles. The average Bonchev–Trinajstić information content (AvgIpc) is 2.72. The minimum Gasteiger partial charge on any atom is -0.481 e. The summed E-state index contributed by atoms with van der Waals surface area (Å²) in [6.45, 7) is 2.11. The SMILES string of the molecule is CC(CCC(=O)O)c1ccc2c(c1)CCC2. The van der Waals surface area contributed by atoms with E-state index in [9.17, 15) is 4.79 Å². The molecule has 1 aliphatic rings. The maximum atomic E-state index is 10.5. The summed E-state index contributed by atoms with van der Waals surface area (Å²) in [5.74, 6) is -0.352. The van der Waals surface area contributed by atoms with Crippen LogP contribution in [0.1, 0.15) is 48.8 Å². The second-order valence-electron chi connectivity index (χ2n) is 4.72. The Morgan fingerprint density at radius 1 is 1.38 bits per heavy atom. The predicted octanol–water partition coefficient (Wildman–Crippen LogP) is 3.14. The van der Waals surface area contributed by atoms with Crippen molar-refractivity contribution in [2.45, 2.75) is 44.9 Å². The van der Waals surface area contributed by atoms with E-state index in [1.165, 1.54) is 36.0 Å². The van der Waals surface area contributed by atoms with Gasteiger partial charge in [-0.05, 0) is 48.3 Å². The molecule has 1 unspecified atom stereocenters. The van der Waals surface area contributed by atoms with Crippen LogP contribution in [0.15, 0.2) is 18.2 Å². The Hall–Kier alpha value is -1.31. The van der Waals surface area contributed by atoms with Crippen LogP contribution in [0.4, 0.5) is 0 Å². The van der Waals surface area contributed by atoms with Gasteiger partial charge in [0.25, 0.3) is 0 Å². The fourth-order valence-corrected chi connectivity index (χ4v) is 2.40. The Bertz CT molecular complexity index is 396. The van der Waals surface area contributed by atoms with E-state index < -0.39 is 5.97 Å². The highest BCUT2D eigenvalue weighted by Gasteiger charge is 2.14. The Balaban J connectivity index is 2.06. The molecule has 1 aromatic carbocycles. The molecule has 2 rings (SSSR count). The first-order chi connectivity index (χ1) is 7.66. The fourth-order valence-electron chi connectivity index (χ4n) is 2.40. The lowest BCUT2D eigenvalue weighted by molar-refractivity contribution is -0.137. The summed E-state index contributed by atoms with van der Waals surface area (Å²) < 4.78 is 0. The minimum atomic E-state index is -0.701. The van der Waals surface area contributed by atoms with Gasteiger partial charge in [-0.2, -0.15) is 0 Å². The third-order valence-electron chi connectivity index (χ3n) is 3.48. The average molecular weight is 218 g/mol. The molecule has 2 nitrogen and oxygen atoms in total. The first-order valence-electron chi connectivity index (χ1n) is 6.00. The van der Waals surface area contributed by atoms with Gasteiger partial charge in [-0.3, -0.25) is 4.79 Å². The summed E-state index contributed by atoms with van der Waals surface area (Å²) in [6, 6.07) is 6.65. The van der Waals surface area contributed by atoms with Crippen molar-refractivity contribution in [2.24, 2.45) is 0 Å². The van der Waals surface area contributed by atoms with Gasteiger partial charge >= 0.3 is 5.97 Å². The standard InChI is InChI=1S/C14H18O2/c1-10(5-8-14(15)16)12-7-6-11-3-2-4-13(11)9-12/h6-7,9-10H,2-5,8H2,1H3,(H,15,16). The largest absolute Gasteiger partial charge is 0.481 e. The van der Waals surface area contributed by atoms with Crippen molar-refractivity contribution in [1.29, 1.82) is 0 Å². The Morgan fingerprint density at radius 3 is 2.88 bits per heavy atom. The highest BCUT2D eigenvalue weighted by atomic mass is 16.4. The lowest BCUT2D eigenvalue weighted by Crippen LogP contribution is -2.00. The maximum Gasteiger partial charge on any atom is 0.303 e. The van der Waals surface area contributed by atoms with Crippen LogP contribution in [-0.4, -0.2) is 11.1 Å². The van der Waals surface area contributed by atoms with Crippen molar-refractivity contribution in [3.05, 3.63) is 34.9 Å². The molecular formula is C14H18O2. The smallest absolute Gasteiger partial charge is 0.303 e. The zero-order valence-corrected chi connectivity index (χ0v) is 9.70. The van der Waals surface area contributed by atoms with Gasteiger partial charge in [0.1, 0.15) is 0 Å². The molecule has 0 spiro atoms. The van der Waals surface area contributed by atoms with Crippen LogP contribution in [0.25, 0.3) is 0 Å². The van der Waals surface area contributed by atoms with Crippen LogP contribution in [-0.2, 0) is 17.6 Å². The number of rotatable bonds is 4. The van der Waals surface area contributed by atoms with Gasteiger partial charge in [0.2, 0.25) is 0 Å². The molecule has 2 heteroatoms. The highest BCUT2D eigenvalue weighted by molar-refractivity contribution is 5.66. The van der Waals surface area contributed by atoms with E-state index in [1.54, 1.807) is 0 Å². The third-order valence-corrected chi connectivity index (χ3v) is 3.48. The third kappa shape index (κ3) is 2.43. The number of aryl methyl sites for hydroxylation is 2. The van der Waals surface area contributed by atoms with Gasteiger partial charge in [-0.25, -0.2) is 0 Å². The quantitative estimate of drug-likeness (QED) is 0.843. The molecule has 0 amide bonds. The van der Waals surface area contributed by atoms with Gasteiger partial charge in [-0.15, -0.1) is 0 Å². The number of hydrogen-bond acceptors (Lipinski definition) is 1. The molecule has 1 aliphatic carbocycles. The summed E-state index contributed by atoms with van der Waals surface area (Å²) in [6.07, 6.45) is 4.66. The van der Waals surface area contributed by atoms with E-state index in [-0.39, 0.29) is 6.42 Å². The monoisotopic (exact) mass is 218 g/mol. The van der Waals surface area contributed by atoms with E-state index in [2.05, 4.69) is 25.1 Å². The van der Waals surface area contributed by atoms with Gasteiger partial charge in [0, 0.05) is 6.42 Å². The van der Waals surface area contributed by atoms with Crippen LogP contribution in [0, 0.1) is 0 Å². The van der Waals surface area contributed by atoms with Crippen molar-refractivity contribution in [3.8, 4) is 0 Å². The summed E-state index contributed by atoms with van der Waals surface area (Å²) in [5.41, 5.74) is 4.25. The summed E-state index contributed by atoms with van der Waals surface area (Å²) >= 11 is 0. The second kappa shape index (κ2) is 4.69. The Kier molecular flexibility index (Phi) is 3.28. The van der Waals surface area contributed by atoms with E-state index >= 15 is 0 Å². The molecule has 0 aromatic heterocycles. The Labute approximate surface area is 96.3 Å². The van der Waals surface area contributed by atoms with Crippen LogP contribution in [0.5, 0.6) is 0 Å². The van der Waals surface area contributed by atoms with E-state index in [1.807, 2.05) is 0 Å². The zero-order valence-electron chi connectivity index (χ0n) is 9.70. The van der Waals surface area contributed by atoms with Crippen molar-refractivity contribution >= 4 is 5.97 Å². The molecule has 0 fully saturated rings. The highest BCUT2D eigenvalue weighted by Crippen LogP contribution is 2.27. The maximum absolute atomic E-state index is 10.5. The molecule has 1 atom stereocenters. The lowest BCUT2D eigenvalue weighted by atomic mass is 9.93. The van der Waals surface area contributed by atoms with Gasteiger partial charge in [0.05, 0.1) is 0 Å². The molecule has 0 radical (unpaired) electrons. The second-order valence-corrected chi connectivity index (χ2v) is 4.72. The molecular weight excluding hydrogens is 200 g/mol.